The van der Waals surface area contributed by atoms with Gasteiger partial charge in [0.05, 0.1) is 0 Å². The summed E-state index contributed by atoms with van der Waals surface area (Å²) in [6.07, 6.45) is 5.49. The van der Waals surface area contributed by atoms with Crippen molar-refractivity contribution < 1.29 is 0 Å². The van der Waals surface area contributed by atoms with Crippen molar-refractivity contribution in [1.29, 1.82) is 0 Å². The van der Waals surface area contributed by atoms with Gasteiger partial charge in [0, 0.05) is 24.7 Å². The predicted octanol–water partition coefficient (Wildman–Crippen LogP) is 1.79. The van der Waals surface area contributed by atoms with Crippen molar-refractivity contribution in [3.63, 3.8) is 0 Å². The second kappa shape index (κ2) is 7.34. The van der Waals surface area contributed by atoms with E-state index < -0.39 is 0 Å². The molecule has 1 aliphatic carbocycles. The molecular formula is C14H31N3. The van der Waals surface area contributed by atoms with Gasteiger partial charge in [0.1, 0.15) is 0 Å². The zero-order valence-electron chi connectivity index (χ0n) is 12.4. The van der Waals surface area contributed by atoms with E-state index in [0.717, 1.165) is 19.1 Å². The van der Waals surface area contributed by atoms with Gasteiger partial charge in [-0.1, -0.05) is 19.8 Å². The van der Waals surface area contributed by atoms with Gasteiger partial charge in [-0.2, -0.15) is 0 Å². The molecule has 0 aliphatic heterocycles. The molecule has 0 aromatic rings. The Morgan fingerprint density at radius 3 is 2.41 bits per heavy atom. The van der Waals surface area contributed by atoms with Gasteiger partial charge in [0.25, 0.3) is 0 Å². The van der Waals surface area contributed by atoms with Crippen LogP contribution in [0.5, 0.6) is 0 Å². The molecule has 0 radical (unpaired) electrons. The van der Waals surface area contributed by atoms with Crippen molar-refractivity contribution in [1.82, 2.24) is 15.1 Å². The smallest absolute Gasteiger partial charge is 0.0252 e. The summed E-state index contributed by atoms with van der Waals surface area (Å²) >= 11 is 0. The van der Waals surface area contributed by atoms with Crippen molar-refractivity contribution in [3.8, 4) is 0 Å². The van der Waals surface area contributed by atoms with Crippen molar-refractivity contribution in [2.24, 2.45) is 0 Å². The summed E-state index contributed by atoms with van der Waals surface area (Å²) in [5.74, 6) is 0. The van der Waals surface area contributed by atoms with E-state index in [1.165, 1.54) is 25.7 Å². The third-order valence-corrected chi connectivity index (χ3v) is 4.09. The highest BCUT2D eigenvalue weighted by Gasteiger charge is 2.30. The number of nitrogens with zero attached hydrogens (tertiary/aromatic N) is 2. The molecule has 0 aromatic heterocycles. The maximum absolute atomic E-state index is 3.52. The lowest BCUT2D eigenvalue weighted by Gasteiger charge is -2.43. The highest BCUT2D eigenvalue weighted by molar-refractivity contribution is 4.89. The zero-order chi connectivity index (χ0) is 12.8. The van der Waals surface area contributed by atoms with E-state index in [-0.39, 0.29) is 0 Å². The summed E-state index contributed by atoms with van der Waals surface area (Å²) in [6, 6.07) is 2.07. The fourth-order valence-corrected chi connectivity index (χ4v) is 3.35. The lowest BCUT2D eigenvalue weighted by atomic mass is 9.88. The summed E-state index contributed by atoms with van der Waals surface area (Å²) < 4.78 is 0. The second-order valence-electron chi connectivity index (χ2n) is 5.69. The summed E-state index contributed by atoms with van der Waals surface area (Å²) in [7, 11) is 6.45. The third-order valence-electron chi connectivity index (χ3n) is 4.09. The Morgan fingerprint density at radius 2 is 1.88 bits per heavy atom. The quantitative estimate of drug-likeness (QED) is 0.765. The predicted molar refractivity (Wildman–Crippen MR) is 75.5 cm³/mol. The number of likely N-dealkylation sites (N-methyl/N-ethyl adjacent to an activating group) is 3. The van der Waals surface area contributed by atoms with Crippen LogP contribution in [0.2, 0.25) is 0 Å². The molecular weight excluding hydrogens is 210 g/mol. The summed E-state index contributed by atoms with van der Waals surface area (Å²) in [4.78, 5) is 4.99. The molecule has 3 unspecified atom stereocenters. The average molecular weight is 241 g/mol. The van der Waals surface area contributed by atoms with Crippen molar-refractivity contribution >= 4 is 0 Å². The number of hydrogen-bond donors (Lipinski definition) is 1. The van der Waals surface area contributed by atoms with Gasteiger partial charge in [-0.15, -0.1) is 0 Å². The topological polar surface area (TPSA) is 18.5 Å². The Bertz CT molecular complexity index is 206. The van der Waals surface area contributed by atoms with Crippen LogP contribution in [0, 0.1) is 0 Å². The second-order valence-corrected chi connectivity index (χ2v) is 5.69. The van der Waals surface area contributed by atoms with Crippen LogP contribution < -0.4 is 5.32 Å². The minimum Gasteiger partial charge on any atom is -0.315 e. The molecule has 1 N–H and O–H groups in total. The first-order chi connectivity index (χ1) is 8.10. The van der Waals surface area contributed by atoms with Gasteiger partial charge in [-0.05, 0) is 47.5 Å². The largest absolute Gasteiger partial charge is 0.315 e. The maximum Gasteiger partial charge on any atom is 0.0252 e. The lowest BCUT2D eigenvalue weighted by Crippen LogP contribution is -2.55. The molecule has 0 spiro atoms. The van der Waals surface area contributed by atoms with E-state index in [2.05, 4.69) is 50.1 Å². The van der Waals surface area contributed by atoms with Crippen LogP contribution in [0.4, 0.5) is 0 Å². The monoisotopic (exact) mass is 241 g/mol. The fraction of sp³-hybridized carbons (Fsp3) is 1.00. The van der Waals surface area contributed by atoms with Crippen LogP contribution in [-0.4, -0.2) is 62.2 Å². The molecule has 0 aromatic carbocycles. The first-order valence-corrected chi connectivity index (χ1v) is 7.17. The standard InChI is InChI=1S/C14H31N3/c1-6-17(12(2)11-16(4)5)14-10-8-7-9-13(14)15-3/h12-15H,6-11H2,1-5H3. The van der Waals surface area contributed by atoms with Crippen LogP contribution >= 0.6 is 0 Å². The molecule has 0 bridgehead atoms. The first kappa shape index (κ1) is 14.9. The van der Waals surface area contributed by atoms with Crippen LogP contribution in [0.1, 0.15) is 39.5 Å². The Kier molecular flexibility index (Phi) is 6.45. The molecule has 0 saturated heterocycles. The highest BCUT2D eigenvalue weighted by Crippen LogP contribution is 2.24. The molecule has 0 heterocycles. The van der Waals surface area contributed by atoms with Crippen LogP contribution in [0.25, 0.3) is 0 Å². The molecule has 3 atom stereocenters. The average Bonchev–Trinajstić information content (AvgIpc) is 2.29. The summed E-state index contributed by atoms with van der Waals surface area (Å²) in [5.41, 5.74) is 0. The Hall–Kier alpha value is -0.120. The van der Waals surface area contributed by atoms with Gasteiger partial charge in [-0.3, -0.25) is 4.90 Å². The molecule has 3 heteroatoms. The number of nitrogens with one attached hydrogen (secondary N) is 1. The molecule has 1 saturated carbocycles. The van der Waals surface area contributed by atoms with Gasteiger partial charge in [-0.25, -0.2) is 0 Å². The van der Waals surface area contributed by atoms with E-state index in [1.54, 1.807) is 0 Å². The lowest BCUT2D eigenvalue weighted by molar-refractivity contribution is 0.0800. The van der Waals surface area contributed by atoms with E-state index in [4.69, 9.17) is 0 Å². The molecule has 1 fully saturated rings. The van der Waals surface area contributed by atoms with Crippen LogP contribution in [-0.2, 0) is 0 Å². The van der Waals surface area contributed by atoms with Crippen molar-refractivity contribution in [2.45, 2.75) is 57.7 Å². The number of rotatable bonds is 6. The zero-order valence-corrected chi connectivity index (χ0v) is 12.4. The van der Waals surface area contributed by atoms with E-state index >= 15 is 0 Å². The summed E-state index contributed by atoms with van der Waals surface area (Å²) in [6.45, 7) is 6.98. The minimum atomic E-state index is 0.647. The Labute approximate surface area is 108 Å². The molecule has 0 amide bonds. The summed E-state index contributed by atoms with van der Waals surface area (Å²) in [5, 5.41) is 3.52. The first-order valence-electron chi connectivity index (χ1n) is 7.17. The Balaban J connectivity index is 2.63. The molecule has 3 nitrogen and oxygen atoms in total. The van der Waals surface area contributed by atoms with Crippen LogP contribution in [0.3, 0.4) is 0 Å². The van der Waals surface area contributed by atoms with Crippen molar-refractivity contribution in [3.05, 3.63) is 0 Å². The molecule has 1 rings (SSSR count). The van der Waals surface area contributed by atoms with Gasteiger partial charge < -0.3 is 10.2 Å². The van der Waals surface area contributed by atoms with Gasteiger partial charge >= 0.3 is 0 Å². The number of hydrogen-bond acceptors (Lipinski definition) is 3. The molecule has 17 heavy (non-hydrogen) atoms. The minimum absolute atomic E-state index is 0.647. The van der Waals surface area contributed by atoms with Crippen LogP contribution in [0.15, 0.2) is 0 Å². The highest BCUT2D eigenvalue weighted by atomic mass is 15.2. The fourth-order valence-electron chi connectivity index (χ4n) is 3.35. The molecule has 102 valence electrons. The van der Waals surface area contributed by atoms with Crippen molar-refractivity contribution in [2.75, 3.05) is 34.2 Å². The Morgan fingerprint density at radius 1 is 1.24 bits per heavy atom. The SMILES string of the molecule is CCN(C(C)CN(C)C)C1CCCCC1NC. The molecule has 1 aliphatic rings. The normalized spacial score (nSPS) is 27.7. The van der Waals surface area contributed by atoms with Gasteiger partial charge in [0.15, 0.2) is 0 Å². The van der Waals surface area contributed by atoms with E-state index in [0.29, 0.717) is 12.1 Å². The third kappa shape index (κ3) is 4.23. The van der Waals surface area contributed by atoms with E-state index in [9.17, 15) is 0 Å². The maximum atomic E-state index is 3.52. The van der Waals surface area contributed by atoms with E-state index in [1.807, 2.05) is 0 Å². The van der Waals surface area contributed by atoms with Gasteiger partial charge in [0.2, 0.25) is 0 Å².